The number of benzene rings is 1. The Hall–Kier alpha value is -3.00. The van der Waals surface area contributed by atoms with E-state index in [9.17, 15) is 14.4 Å². The highest BCUT2D eigenvalue weighted by Gasteiger charge is 2.19. The summed E-state index contributed by atoms with van der Waals surface area (Å²) in [6.07, 6.45) is 0. The number of anilines is 1. The molecule has 1 N–H and O–H groups in total. The van der Waals surface area contributed by atoms with E-state index in [1.54, 1.807) is 37.3 Å². The Kier molecular flexibility index (Phi) is 4.37. The molecule has 3 rings (SSSR count). The summed E-state index contributed by atoms with van der Waals surface area (Å²) in [6, 6.07) is 8.50. The minimum Gasteiger partial charge on any atom is -0.465 e. The third-order valence-corrected chi connectivity index (χ3v) is 4.83. The highest BCUT2D eigenvalue weighted by molar-refractivity contribution is 7.18. The number of ether oxygens (including phenoxy) is 1. The molecule has 0 bridgehead atoms. The highest BCUT2D eigenvalue weighted by atomic mass is 32.1. The largest absolute Gasteiger partial charge is 0.465 e. The van der Waals surface area contributed by atoms with Gasteiger partial charge in [-0.3, -0.25) is 9.59 Å². The summed E-state index contributed by atoms with van der Waals surface area (Å²) < 4.78 is 5.85. The maximum Gasteiger partial charge on any atom is 0.348 e. The van der Waals surface area contributed by atoms with Crippen LogP contribution in [0.3, 0.4) is 0 Å². The summed E-state index contributed by atoms with van der Waals surface area (Å²) in [6.45, 7) is 1.76. The standard InChI is InChI=1S/C17H15N3O4S/c1-9-8-12(25-14(9)17(23)24-3)18-15(21)13-10-6-4-5-7-11(10)16(22)20(2)19-13/h4-8H,1-3H3,(H,18,21). The molecule has 8 heteroatoms. The number of aryl methyl sites for hydroxylation is 2. The molecule has 7 nitrogen and oxygen atoms in total. The summed E-state index contributed by atoms with van der Waals surface area (Å²) in [5.41, 5.74) is 0.584. The number of aromatic nitrogens is 2. The van der Waals surface area contributed by atoms with Gasteiger partial charge < -0.3 is 10.1 Å². The summed E-state index contributed by atoms with van der Waals surface area (Å²) in [5, 5.41) is 8.21. The fourth-order valence-corrected chi connectivity index (χ4v) is 3.46. The Labute approximate surface area is 146 Å². The van der Waals surface area contributed by atoms with E-state index >= 15 is 0 Å². The van der Waals surface area contributed by atoms with Crippen LogP contribution in [-0.4, -0.2) is 28.8 Å². The van der Waals surface area contributed by atoms with E-state index in [1.165, 1.54) is 14.2 Å². The first kappa shape index (κ1) is 16.8. The summed E-state index contributed by atoms with van der Waals surface area (Å²) in [5.74, 6) is -0.904. The molecular formula is C17H15N3O4S. The van der Waals surface area contributed by atoms with Crippen LogP contribution >= 0.6 is 11.3 Å². The van der Waals surface area contributed by atoms with Gasteiger partial charge in [-0.1, -0.05) is 18.2 Å². The smallest absolute Gasteiger partial charge is 0.348 e. The first-order chi connectivity index (χ1) is 11.9. The summed E-state index contributed by atoms with van der Waals surface area (Å²) in [4.78, 5) is 36.9. The van der Waals surface area contributed by atoms with E-state index in [0.717, 1.165) is 16.0 Å². The molecule has 2 aromatic heterocycles. The number of nitrogens with one attached hydrogen (secondary N) is 1. The van der Waals surface area contributed by atoms with Crippen LogP contribution in [0.4, 0.5) is 5.00 Å². The number of esters is 1. The van der Waals surface area contributed by atoms with Crippen molar-refractivity contribution in [2.45, 2.75) is 6.92 Å². The zero-order valence-corrected chi connectivity index (χ0v) is 14.6. The zero-order chi connectivity index (χ0) is 18.1. The summed E-state index contributed by atoms with van der Waals surface area (Å²) in [7, 11) is 2.80. The second-order valence-corrected chi connectivity index (χ2v) is 6.44. The van der Waals surface area contributed by atoms with Crippen LogP contribution in [0.25, 0.3) is 10.8 Å². The molecule has 0 spiro atoms. The van der Waals surface area contributed by atoms with Crippen molar-refractivity contribution in [3.63, 3.8) is 0 Å². The Morgan fingerprint density at radius 2 is 1.92 bits per heavy atom. The van der Waals surface area contributed by atoms with Crippen molar-refractivity contribution in [2.24, 2.45) is 7.05 Å². The molecule has 25 heavy (non-hydrogen) atoms. The fourth-order valence-electron chi connectivity index (χ4n) is 2.48. The van der Waals surface area contributed by atoms with Crippen molar-refractivity contribution < 1.29 is 14.3 Å². The molecule has 0 fully saturated rings. The van der Waals surface area contributed by atoms with Gasteiger partial charge in [0.05, 0.1) is 17.5 Å². The lowest BCUT2D eigenvalue weighted by molar-refractivity contribution is 0.0605. The number of fused-ring (bicyclic) bond motifs is 1. The normalized spacial score (nSPS) is 10.7. The average molecular weight is 357 g/mol. The number of thiophene rings is 1. The molecule has 0 saturated heterocycles. The van der Waals surface area contributed by atoms with Gasteiger partial charge in [-0.05, 0) is 24.6 Å². The number of rotatable bonds is 3. The average Bonchev–Trinajstić information content (AvgIpc) is 2.97. The second-order valence-electron chi connectivity index (χ2n) is 5.39. The fraction of sp³-hybridized carbons (Fsp3) is 0.176. The lowest BCUT2D eigenvalue weighted by atomic mass is 10.1. The van der Waals surface area contributed by atoms with Crippen molar-refractivity contribution in [1.29, 1.82) is 0 Å². The number of carbonyl (C=O) groups is 2. The van der Waals surface area contributed by atoms with Crippen LogP contribution in [0.15, 0.2) is 35.1 Å². The monoisotopic (exact) mass is 357 g/mol. The van der Waals surface area contributed by atoms with Crippen LogP contribution in [0, 0.1) is 6.92 Å². The van der Waals surface area contributed by atoms with Crippen molar-refractivity contribution in [1.82, 2.24) is 9.78 Å². The topological polar surface area (TPSA) is 90.3 Å². The van der Waals surface area contributed by atoms with E-state index in [-0.39, 0.29) is 11.3 Å². The SMILES string of the molecule is COC(=O)c1sc(NC(=O)c2nn(C)c(=O)c3ccccc23)cc1C. The molecule has 0 saturated carbocycles. The minimum atomic E-state index is -0.454. The lowest BCUT2D eigenvalue weighted by Crippen LogP contribution is -2.25. The Morgan fingerprint density at radius 1 is 1.24 bits per heavy atom. The van der Waals surface area contributed by atoms with Crippen LogP contribution < -0.4 is 10.9 Å². The van der Waals surface area contributed by atoms with Crippen molar-refractivity contribution in [3.05, 3.63) is 56.8 Å². The van der Waals surface area contributed by atoms with Crippen LogP contribution in [0.5, 0.6) is 0 Å². The Bertz CT molecular complexity index is 1050. The number of methoxy groups -OCH3 is 1. The molecule has 0 aliphatic carbocycles. The van der Waals surface area contributed by atoms with Crippen molar-refractivity contribution in [3.8, 4) is 0 Å². The molecule has 128 valence electrons. The van der Waals surface area contributed by atoms with E-state index in [0.29, 0.717) is 26.2 Å². The van der Waals surface area contributed by atoms with Gasteiger partial charge in [-0.25, -0.2) is 9.48 Å². The van der Waals surface area contributed by atoms with Gasteiger partial charge in [0.25, 0.3) is 11.5 Å². The predicted octanol–water partition coefficient (Wildman–Crippen LogP) is 2.34. The van der Waals surface area contributed by atoms with E-state index < -0.39 is 11.9 Å². The van der Waals surface area contributed by atoms with Gasteiger partial charge in [-0.15, -0.1) is 11.3 Å². The number of hydrogen-bond acceptors (Lipinski definition) is 6. The molecule has 0 atom stereocenters. The Balaban J connectivity index is 2.00. The molecule has 3 aromatic rings. The number of nitrogens with zero attached hydrogens (tertiary/aromatic N) is 2. The van der Waals surface area contributed by atoms with Gasteiger partial charge in [0.1, 0.15) is 4.88 Å². The van der Waals surface area contributed by atoms with Crippen molar-refractivity contribution in [2.75, 3.05) is 12.4 Å². The quantitative estimate of drug-likeness (QED) is 0.727. The van der Waals surface area contributed by atoms with Gasteiger partial charge in [0, 0.05) is 12.4 Å². The van der Waals surface area contributed by atoms with Gasteiger partial charge in [0.15, 0.2) is 5.69 Å². The van der Waals surface area contributed by atoms with Crippen LogP contribution in [0.1, 0.15) is 25.7 Å². The molecular weight excluding hydrogens is 342 g/mol. The third kappa shape index (κ3) is 3.03. The first-order valence-corrected chi connectivity index (χ1v) is 8.20. The van der Waals surface area contributed by atoms with Gasteiger partial charge in [-0.2, -0.15) is 5.10 Å². The van der Waals surface area contributed by atoms with Gasteiger partial charge >= 0.3 is 5.97 Å². The molecule has 0 unspecified atom stereocenters. The van der Waals surface area contributed by atoms with E-state index in [4.69, 9.17) is 4.74 Å². The van der Waals surface area contributed by atoms with E-state index in [2.05, 4.69) is 10.4 Å². The Morgan fingerprint density at radius 3 is 2.60 bits per heavy atom. The highest BCUT2D eigenvalue weighted by Crippen LogP contribution is 2.28. The van der Waals surface area contributed by atoms with Gasteiger partial charge in [0.2, 0.25) is 0 Å². The number of amides is 1. The molecule has 0 aliphatic rings. The number of hydrogen-bond donors (Lipinski definition) is 1. The van der Waals surface area contributed by atoms with E-state index in [1.807, 2.05) is 0 Å². The maximum atomic E-state index is 12.7. The minimum absolute atomic E-state index is 0.142. The van der Waals surface area contributed by atoms with Crippen LogP contribution in [-0.2, 0) is 11.8 Å². The summed E-state index contributed by atoms with van der Waals surface area (Å²) >= 11 is 1.13. The molecule has 0 aliphatic heterocycles. The molecule has 1 aromatic carbocycles. The van der Waals surface area contributed by atoms with Crippen molar-refractivity contribution >= 4 is 39.0 Å². The first-order valence-electron chi connectivity index (χ1n) is 7.38. The van der Waals surface area contributed by atoms with Crippen LogP contribution in [0.2, 0.25) is 0 Å². The third-order valence-electron chi connectivity index (χ3n) is 3.70. The number of carbonyl (C=O) groups excluding carboxylic acids is 2. The lowest BCUT2D eigenvalue weighted by Gasteiger charge is -2.07. The molecule has 0 radical (unpaired) electrons. The second kappa shape index (κ2) is 6.48. The zero-order valence-electron chi connectivity index (χ0n) is 13.8. The maximum absolute atomic E-state index is 12.7. The predicted molar refractivity (Wildman–Crippen MR) is 95.3 cm³/mol. The molecule has 1 amide bonds. The molecule has 2 heterocycles.